The number of aliphatic hydroxyl groups excluding tert-OH is 1. The minimum Gasteiger partial charge on any atom is -0.391 e. The van der Waals surface area contributed by atoms with Gasteiger partial charge >= 0.3 is 0 Å². The van der Waals surface area contributed by atoms with E-state index in [2.05, 4.69) is 25.9 Å². The number of hydrogen-bond acceptors (Lipinski definition) is 4. The van der Waals surface area contributed by atoms with Crippen molar-refractivity contribution in [1.29, 1.82) is 0 Å². The highest BCUT2D eigenvalue weighted by Crippen LogP contribution is 2.30. The Morgan fingerprint density at radius 1 is 1.17 bits per heavy atom. The number of fused-ring (bicyclic) bond motifs is 3. The highest BCUT2D eigenvalue weighted by Gasteiger charge is 2.26. The molecule has 1 aliphatic rings. The van der Waals surface area contributed by atoms with Crippen LogP contribution in [0.25, 0.3) is 21.8 Å². The second-order valence-corrected chi connectivity index (χ2v) is 6.88. The van der Waals surface area contributed by atoms with Crippen molar-refractivity contribution in [3.8, 4) is 0 Å². The zero-order valence-electron chi connectivity index (χ0n) is 12.4. The molecule has 1 saturated carbocycles. The first-order valence-electron chi connectivity index (χ1n) is 7.79. The van der Waals surface area contributed by atoms with Crippen molar-refractivity contribution in [3.63, 3.8) is 0 Å². The standard InChI is InChI=1S/C17H16BrN3O2/c18-12-8-11-16(15-10(12)4-3-7-19-15)20-9-21(17(11)23)13-5-1-2-6-14(13)22/h3-4,7-9,13-14,22H,1-2,5-6H2/t13-,14-/m0/s1. The third-order valence-corrected chi connectivity index (χ3v) is 5.30. The van der Waals surface area contributed by atoms with Crippen LogP contribution in [0.4, 0.5) is 0 Å². The van der Waals surface area contributed by atoms with Gasteiger partial charge in [-0.2, -0.15) is 0 Å². The number of aliphatic hydroxyl groups is 1. The molecule has 0 unspecified atom stereocenters. The van der Waals surface area contributed by atoms with Gasteiger partial charge in [0.25, 0.3) is 5.56 Å². The van der Waals surface area contributed by atoms with E-state index in [1.54, 1.807) is 23.2 Å². The predicted octanol–water partition coefficient (Wildman–Crippen LogP) is 3.18. The molecule has 0 spiro atoms. The quantitative estimate of drug-likeness (QED) is 0.665. The fourth-order valence-corrected chi connectivity index (χ4v) is 3.99. The fourth-order valence-electron chi connectivity index (χ4n) is 3.44. The lowest BCUT2D eigenvalue weighted by Crippen LogP contribution is -2.34. The molecular weight excluding hydrogens is 358 g/mol. The average Bonchev–Trinajstić information content (AvgIpc) is 2.57. The molecule has 0 aliphatic heterocycles. The molecule has 0 amide bonds. The van der Waals surface area contributed by atoms with Gasteiger partial charge in [-0.05, 0) is 25.0 Å². The lowest BCUT2D eigenvalue weighted by molar-refractivity contribution is 0.0735. The van der Waals surface area contributed by atoms with Gasteiger partial charge in [0.05, 0.1) is 29.4 Å². The Morgan fingerprint density at radius 2 is 1.96 bits per heavy atom. The van der Waals surface area contributed by atoms with Gasteiger partial charge in [0.2, 0.25) is 0 Å². The summed E-state index contributed by atoms with van der Waals surface area (Å²) in [5.41, 5.74) is 1.20. The maximum absolute atomic E-state index is 12.9. The molecule has 1 aromatic carbocycles. The van der Waals surface area contributed by atoms with E-state index in [9.17, 15) is 9.90 Å². The summed E-state index contributed by atoms with van der Waals surface area (Å²) in [6.07, 6.45) is 6.35. The Labute approximate surface area is 141 Å². The van der Waals surface area contributed by atoms with Crippen LogP contribution in [0.1, 0.15) is 31.7 Å². The van der Waals surface area contributed by atoms with Crippen LogP contribution in [0.5, 0.6) is 0 Å². The van der Waals surface area contributed by atoms with Gasteiger partial charge in [-0.15, -0.1) is 0 Å². The Balaban J connectivity index is 1.98. The van der Waals surface area contributed by atoms with Crippen LogP contribution in [0.15, 0.2) is 40.0 Å². The monoisotopic (exact) mass is 373 g/mol. The highest BCUT2D eigenvalue weighted by atomic mass is 79.9. The molecule has 2 aromatic heterocycles. The van der Waals surface area contributed by atoms with E-state index in [1.807, 2.05) is 12.1 Å². The summed E-state index contributed by atoms with van der Waals surface area (Å²) >= 11 is 3.52. The smallest absolute Gasteiger partial charge is 0.261 e. The molecular formula is C17H16BrN3O2. The Kier molecular flexibility index (Phi) is 3.66. The third-order valence-electron chi connectivity index (χ3n) is 4.64. The average molecular weight is 374 g/mol. The molecule has 6 heteroatoms. The second-order valence-electron chi connectivity index (χ2n) is 6.03. The molecule has 1 aliphatic carbocycles. The van der Waals surface area contributed by atoms with E-state index in [-0.39, 0.29) is 11.6 Å². The van der Waals surface area contributed by atoms with Crippen LogP contribution in [0.2, 0.25) is 0 Å². The number of rotatable bonds is 1. The first-order valence-corrected chi connectivity index (χ1v) is 8.58. The molecule has 4 rings (SSSR count). The number of aromatic nitrogens is 3. The van der Waals surface area contributed by atoms with Gasteiger partial charge in [0.1, 0.15) is 5.52 Å². The van der Waals surface area contributed by atoms with Crippen molar-refractivity contribution in [2.75, 3.05) is 0 Å². The van der Waals surface area contributed by atoms with Gasteiger partial charge in [-0.25, -0.2) is 4.98 Å². The van der Waals surface area contributed by atoms with Crippen molar-refractivity contribution in [2.24, 2.45) is 0 Å². The summed E-state index contributed by atoms with van der Waals surface area (Å²) in [6, 6.07) is 5.43. The van der Waals surface area contributed by atoms with Crippen molar-refractivity contribution >= 4 is 37.7 Å². The Morgan fingerprint density at radius 3 is 2.78 bits per heavy atom. The van der Waals surface area contributed by atoms with Crippen molar-refractivity contribution in [3.05, 3.63) is 45.5 Å². The molecule has 5 nitrogen and oxygen atoms in total. The Hall–Kier alpha value is -1.79. The molecule has 0 saturated heterocycles. The van der Waals surface area contributed by atoms with Gasteiger partial charge in [0, 0.05) is 16.1 Å². The molecule has 2 atom stereocenters. The van der Waals surface area contributed by atoms with Crippen LogP contribution in [0.3, 0.4) is 0 Å². The summed E-state index contributed by atoms with van der Waals surface area (Å²) in [6.45, 7) is 0. The van der Waals surface area contributed by atoms with Crippen molar-refractivity contribution < 1.29 is 5.11 Å². The van der Waals surface area contributed by atoms with E-state index < -0.39 is 6.10 Å². The molecule has 118 valence electrons. The molecule has 0 radical (unpaired) electrons. The van der Waals surface area contributed by atoms with Crippen LogP contribution in [0, 0.1) is 0 Å². The van der Waals surface area contributed by atoms with Crippen LogP contribution >= 0.6 is 15.9 Å². The van der Waals surface area contributed by atoms with Gasteiger partial charge in [0.15, 0.2) is 0 Å². The van der Waals surface area contributed by atoms with Gasteiger partial charge < -0.3 is 5.11 Å². The third kappa shape index (κ3) is 2.37. The molecule has 0 bridgehead atoms. The number of pyridine rings is 1. The lowest BCUT2D eigenvalue weighted by Gasteiger charge is -2.29. The number of benzene rings is 1. The minimum absolute atomic E-state index is 0.116. The lowest BCUT2D eigenvalue weighted by atomic mass is 9.92. The molecule has 23 heavy (non-hydrogen) atoms. The summed E-state index contributed by atoms with van der Waals surface area (Å²) in [7, 11) is 0. The van der Waals surface area contributed by atoms with E-state index in [0.29, 0.717) is 16.4 Å². The summed E-state index contributed by atoms with van der Waals surface area (Å²) < 4.78 is 2.42. The van der Waals surface area contributed by atoms with Crippen molar-refractivity contribution in [1.82, 2.24) is 14.5 Å². The SMILES string of the molecule is O=c1c2cc(Br)c3cccnc3c2ncn1[C@H]1CCCC[C@@H]1O. The fraction of sp³-hybridized carbons (Fsp3) is 0.353. The molecule has 3 aromatic rings. The minimum atomic E-state index is -0.484. The summed E-state index contributed by atoms with van der Waals surface area (Å²) in [5, 5.41) is 11.7. The maximum atomic E-state index is 12.9. The highest BCUT2D eigenvalue weighted by molar-refractivity contribution is 9.10. The number of hydrogen-bond donors (Lipinski definition) is 1. The van der Waals surface area contributed by atoms with Crippen LogP contribution in [-0.4, -0.2) is 25.7 Å². The van der Waals surface area contributed by atoms with Gasteiger partial charge in [-0.3, -0.25) is 14.3 Å². The van der Waals surface area contributed by atoms with E-state index >= 15 is 0 Å². The number of halogens is 1. The van der Waals surface area contributed by atoms with Crippen LogP contribution in [-0.2, 0) is 0 Å². The summed E-state index contributed by atoms with van der Waals surface area (Å²) in [4.78, 5) is 21.8. The molecule has 1 N–H and O–H groups in total. The second kappa shape index (κ2) is 5.69. The van der Waals surface area contributed by atoms with Crippen molar-refractivity contribution in [2.45, 2.75) is 37.8 Å². The zero-order valence-corrected chi connectivity index (χ0v) is 14.0. The van der Waals surface area contributed by atoms with Gasteiger partial charge in [-0.1, -0.05) is 34.8 Å². The Bertz CT molecular complexity index is 954. The topological polar surface area (TPSA) is 68.0 Å². The summed E-state index contributed by atoms with van der Waals surface area (Å²) in [5.74, 6) is 0. The molecule has 1 fully saturated rings. The predicted molar refractivity (Wildman–Crippen MR) is 92.5 cm³/mol. The largest absolute Gasteiger partial charge is 0.391 e. The van der Waals surface area contributed by atoms with E-state index in [4.69, 9.17) is 0 Å². The van der Waals surface area contributed by atoms with Crippen LogP contribution < -0.4 is 5.56 Å². The van der Waals surface area contributed by atoms with E-state index in [1.165, 1.54) is 0 Å². The normalized spacial score (nSPS) is 21.8. The number of nitrogens with zero attached hydrogens (tertiary/aromatic N) is 3. The maximum Gasteiger partial charge on any atom is 0.261 e. The molecule has 2 heterocycles. The first-order chi connectivity index (χ1) is 11.2. The zero-order chi connectivity index (χ0) is 16.0. The van der Waals surface area contributed by atoms with E-state index in [0.717, 1.165) is 35.5 Å². The first kappa shape index (κ1) is 14.8.